The van der Waals surface area contributed by atoms with E-state index in [0.29, 0.717) is 17.0 Å². The van der Waals surface area contributed by atoms with Crippen molar-refractivity contribution < 1.29 is 39.6 Å². The van der Waals surface area contributed by atoms with E-state index in [0.717, 1.165) is 11.8 Å². The van der Waals surface area contributed by atoms with Crippen LogP contribution in [0.4, 0.5) is 16.2 Å². The molecule has 0 aliphatic heterocycles. The highest BCUT2D eigenvalue weighted by molar-refractivity contribution is 8.13. The fourth-order valence-corrected chi connectivity index (χ4v) is 7.60. The monoisotopic (exact) mass is 588 g/mol. The van der Waals surface area contributed by atoms with Gasteiger partial charge in [0.05, 0.1) is 17.3 Å². The van der Waals surface area contributed by atoms with Crippen LogP contribution in [0.5, 0.6) is 5.75 Å². The van der Waals surface area contributed by atoms with Crippen LogP contribution in [-0.2, 0) is 16.0 Å². The SMILES string of the molecule is CCSC(=O)Nc1cc(N(C)C)c2c(c1O)C(=O)C1=C(O)[C@]3(O)C(=O)C(C(N)=O)=C(O)[C@@H](N(C)C)[C@]3(C)C[C@]1(C)C2. The number of nitrogens with one attached hydrogen (secondary N) is 1. The third kappa shape index (κ3) is 4.04. The second-order valence-electron chi connectivity index (χ2n) is 11.8. The van der Waals surface area contributed by atoms with Gasteiger partial charge in [-0.05, 0) is 44.3 Å². The summed E-state index contributed by atoms with van der Waals surface area (Å²) in [4.78, 5) is 55.8. The lowest BCUT2D eigenvalue weighted by molar-refractivity contribution is -0.169. The van der Waals surface area contributed by atoms with Crippen LogP contribution in [-0.4, -0.2) is 93.6 Å². The summed E-state index contributed by atoms with van der Waals surface area (Å²) < 4.78 is 0. The number of aromatic hydroxyl groups is 1. The van der Waals surface area contributed by atoms with Gasteiger partial charge in [-0.2, -0.15) is 0 Å². The maximum Gasteiger partial charge on any atom is 0.283 e. The molecule has 0 saturated carbocycles. The van der Waals surface area contributed by atoms with E-state index in [9.17, 15) is 39.6 Å². The highest BCUT2D eigenvalue weighted by Crippen LogP contribution is 2.63. The second-order valence-corrected chi connectivity index (χ2v) is 13.0. The largest absolute Gasteiger partial charge is 0.510 e. The normalized spacial score (nSPS) is 29.2. The summed E-state index contributed by atoms with van der Waals surface area (Å²) in [6.07, 6.45) is 0.0185. The Hall–Kier alpha value is -3.55. The number of hydrogen-bond donors (Lipinski definition) is 6. The number of benzene rings is 1. The number of phenols is 1. The number of ketones is 2. The average Bonchev–Trinajstić information content (AvgIpc) is 2.82. The number of carbonyl (C=O) groups excluding carboxylic acids is 4. The smallest absolute Gasteiger partial charge is 0.283 e. The molecule has 4 rings (SSSR count). The number of thioether (sulfide) groups is 1. The molecule has 0 radical (unpaired) electrons. The molecule has 222 valence electrons. The Morgan fingerprint density at radius 1 is 1.15 bits per heavy atom. The highest BCUT2D eigenvalue weighted by Gasteiger charge is 2.71. The Labute approximate surface area is 241 Å². The third-order valence-corrected chi connectivity index (χ3v) is 9.26. The molecule has 0 spiro atoms. The van der Waals surface area contributed by atoms with Gasteiger partial charge in [0.25, 0.3) is 11.1 Å². The van der Waals surface area contributed by atoms with Gasteiger partial charge in [0.1, 0.15) is 17.1 Å². The van der Waals surface area contributed by atoms with Gasteiger partial charge in [-0.3, -0.25) is 24.1 Å². The zero-order valence-electron chi connectivity index (χ0n) is 24.1. The van der Waals surface area contributed by atoms with Crippen molar-refractivity contribution >= 4 is 45.8 Å². The van der Waals surface area contributed by atoms with Gasteiger partial charge in [-0.25, -0.2) is 0 Å². The summed E-state index contributed by atoms with van der Waals surface area (Å²) >= 11 is 0.976. The van der Waals surface area contributed by atoms with Crippen molar-refractivity contribution in [1.29, 1.82) is 0 Å². The molecule has 3 aliphatic rings. The average molecular weight is 589 g/mol. The number of allylic oxidation sites excluding steroid dienone is 1. The number of aliphatic hydroxyl groups is 3. The Kier molecular flexibility index (Phi) is 7.25. The first-order chi connectivity index (χ1) is 18.9. The molecular formula is C28H36N4O8S. The molecule has 2 amide bonds. The molecule has 4 atom stereocenters. The lowest BCUT2D eigenvalue weighted by Gasteiger charge is -2.59. The molecule has 0 bridgehead atoms. The second kappa shape index (κ2) is 9.78. The minimum Gasteiger partial charge on any atom is -0.510 e. The summed E-state index contributed by atoms with van der Waals surface area (Å²) in [7, 11) is 6.64. The number of Topliss-reactive ketones (excluding diaryl/α,β-unsaturated/α-hetero) is 2. The highest BCUT2D eigenvalue weighted by atomic mass is 32.2. The van der Waals surface area contributed by atoms with E-state index in [2.05, 4.69) is 5.32 Å². The topological polar surface area (TPSA) is 194 Å². The molecule has 1 aromatic carbocycles. The number of amides is 2. The number of nitrogens with two attached hydrogens (primary N) is 1. The van der Waals surface area contributed by atoms with Crippen molar-refractivity contribution in [2.45, 2.75) is 45.3 Å². The van der Waals surface area contributed by atoms with E-state index in [1.807, 2.05) is 0 Å². The molecule has 13 heteroatoms. The van der Waals surface area contributed by atoms with Crippen LogP contribution in [0.1, 0.15) is 43.1 Å². The van der Waals surface area contributed by atoms with E-state index >= 15 is 0 Å². The summed E-state index contributed by atoms with van der Waals surface area (Å²) in [5.74, 6) is -5.07. The number of anilines is 2. The number of phenolic OH excluding ortho intramolecular Hbond substituents is 1. The van der Waals surface area contributed by atoms with Gasteiger partial charge in [-0.15, -0.1) is 0 Å². The molecular weight excluding hydrogens is 552 g/mol. The number of primary amides is 1. The van der Waals surface area contributed by atoms with E-state index in [-0.39, 0.29) is 29.7 Å². The minimum atomic E-state index is -2.80. The predicted octanol–water partition coefficient (Wildman–Crippen LogP) is 2.25. The number of likely N-dealkylation sites (N-methyl/N-ethyl adjacent to an activating group) is 1. The number of rotatable bonds is 5. The molecule has 41 heavy (non-hydrogen) atoms. The van der Waals surface area contributed by atoms with E-state index in [4.69, 9.17) is 5.73 Å². The summed E-state index contributed by atoms with van der Waals surface area (Å²) in [6, 6.07) is 0.426. The molecule has 1 aromatic rings. The van der Waals surface area contributed by atoms with Gasteiger partial charge in [0, 0.05) is 36.2 Å². The molecule has 12 nitrogen and oxygen atoms in total. The Bertz CT molecular complexity index is 1470. The molecule has 0 heterocycles. The van der Waals surface area contributed by atoms with Crippen LogP contribution in [0, 0.1) is 10.8 Å². The Balaban J connectivity index is 2.04. The van der Waals surface area contributed by atoms with E-state index < -0.39 is 68.0 Å². The van der Waals surface area contributed by atoms with E-state index in [1.165, 1.54) is 11.8 Å². The van der Waals surface area contributed by atoms with Crippen molar-refractivity contribution in [3.8, 4) is 5.75 Å². The molecule has 0 fully saturated rings. The number of hydrogen-bond acceptors (Lipinski definition) is 11. The van der Waals surface area contributed by atoms with Crippen molar-refractivity contribution in [1.82, 2.24) is 4.90 Å². The van der Waals surface area contributed by atoms with Crippen molar-refractivity contribution in [2.24, 2.45) is 16.6 Å². The molecule has 3 aliphatic carbocycles. The lowest BCUT2D eigenvalue weighted by atomic mass is 9.47. The zero-order chi connectivity index (χ0) is 31.0. The lowest BCUT2D eigenvalue weighted by Crippen LogP contribution is -2.70. The molecule has 0 unspecified atom stereocenters. The number of aliphatic hydroxyl groups excluding tert-OH is 2. The van der Waals surface area contributed by atoms with Crippen molar-refractivity contribution in [3.63, 3.8) is 0 Å². The first-order valence-electron chi connectivity index (χ1n) is 13.0. The number of nitrogens with zero attached hydrogens (tertiary/aromatic N) is 2. The summed E-state index contributed by atoms with van der Waals surface area (Å²) in [5, 5.41) is 48.3. The number of carbonyl (C=O) groups is 4. The van der Waals surface area contributed by atoms with Gasteiger partial charge in [0.2, 0.25) is 5.78 Å². The van der Waals surface area contributed by atoms with Crippen molar-refractivity contribution in [3.05, 3.63) is 39.9 Å². The van der Waals surface area contributed by atoms with Crippen LogP contribution < -0.4 is 16.0 Å². The van der Waals surface area contributed by atoms with Crippen LogP contribution in [0.25, 0.3) is 0 Å². The van der Waals surface area contributed by atoms with Gasteiger partial charge >= 0.3 is 0 Å². The zero-order valence-corrected chi connectivity index (χ0v) is 24.9. The van der Waals surface area contributed by atoms with Crippen molar-refractivity contribution in [2.75, 3.05) is 44.2 Å². The minimum absolute atomic E-state index is 0.0138. The van der Waals surface area contributed by atoms with Crippen LogP contribution >= 0.6 is 11.8 Å². The first kappa shape index (κ1) is 30.4. The maximum atomic E-state index is 14.2. The van der Waals surface area contributed by atoms with E-state index in [1.54, 1.807) is 53.0 Å². The molecule has 7 N–H and O–H groups in total. The van der Waals surface area contributed by atoms with Crippen LogP contribution in [0.2, 0.25) is 0 Å². The van der Waals surface area contributed by atoms with Crippen LogP contribution in [0.3, 0.4) is 0 Å². The number of fused-ring (bicyclic) bond motifs is 3. The predicted molar refractivity (Wildman–Crippen MR) is 154 cm³/mol. The Morgan fingerprint density at radius 2 is 1.76 bits per heavy atom. The summed E-state index contributed by atoms with van der Waals surface area (Å²) in [5.41, 5.74) is -0.550. The molecule has 0 aromatic heterocycles. The first-order valence-corrected chi connectivity index (χ1v) is 14.0. The van der Waals surface area contributed by atoms with Gasteiger partial charge in [0.15, 0.2) is 17.1 Å². The standard InChI is InChI=1S/C28H36N4O8S/c1-8-41-25(39)30-13-9-14(31(4)5)12-10-26(2)11-27(3)21(32(6)7)20(35)16(24(29)38)22(36)28(27,40)23(37)17(26)19(34)15(12)18(13)33/h9,21,33,35,37,40H,8,10-11H2,1-7H3,(H2,29,38)(H,30,39)/t21-,26+,27+,28-/m1/s1. The maximum absolute atomic E-state index is 14.2. The van der Waals surface area contributed by atoms with Gasteiger partial charge < -0.3 is 36.4 Å². The third-order valence-electron chi connectivity index (χ3n) is 8.60. The van der Waals surface area contributed by atoms with Crippen LogP contribution in [0.15, 0.2) is 28.7 Å². The molecule has 0 saturated heterocycles. The Morgan fingerprint density at radius 3 is 2.27 bits per heavy atom. The fraction of sp³-hybridized carbons (Fsp3) is 0.500. The summed E-state index contributed by atoms with van der Waals surface area (Å²) in [6.45, 7) is 5.00. The quantitative estimate of drug-likeness (QED) is 0.218. The fourth-order valence-electron chi connectivity index (χ4n) is 7.15. The van der Waals surface area contributed by atoms with Gasteiger partial charge in [-0.1, -0.05) is 32.5 Å².